The first kappa shape index (κ1) is 19.8. The van der Waals surface area contributed by atoms with Crippen molar-refractivity contribution in [2.75, 3.05) is 6.61 Å². The number of fused-ring (bicyclic) bond motifs is 5. The zero-order chi connectivity index (χ0) is 19.2. The van der Waals surface area contributed by atoms with Crippen molar-refractivity contribution in [3.63, 3.8) is 0 Å². The molecule has 0 heterocycles. The molecule has 4 rings (SSSR count). The largest absolute Gasteiger partial charge is 0.466 e. The summed E-state index contributed by atoms with van der Waals surface area (Å²) in [5.74, 6) is 5.36. The van der Waals surface area contributed by atoms with Crippen molar-refractivity contribution in [1.29, 1.82) is 0 Å². The van der Waals surface area contributed by atoms with Gasteiger partial charge in [0.05, 0.1) is 6.61 Å². The molecule has 0 N–H and O–H groups in total. The van der Waals surface area contributed by atoms with Crippen LogP contribution in [-0.2, 0) is 9.53 Å². The second kappa shape index (κ2) is 7.38. The molecule has 0 amide bonds. The second-order valence-corrected chi connectivity index (χ2v) is 11.2. The highest BCUT2D eigenvalue weighted by Gasteiger charge is 2.60. The molecule has 4 saturated carbocycles. The molecule has 154 valence electrons. The van der Waals surface area contributed by atoms with Crippen LogP contribution in [0, 0.1) is 46.3 Å². The zero-order valence-corrected chi connectivity index (χ0v) is 18.3. The van der Waals surface area contributed by atoms with E-state index in [-0.39, 0.29) is 5.97 Å². The maximum atomic E-state index is 11.1. The lowest BCUT2D eigenvalue weighted by Crippen LogP contribution is -2.53. The second-order valence-electron chi connectivity index (χ2n) is 11.2. The molecule has 4 aliphatic carbocycles. The molecule has 8 atom stereocenters. The molecule has 0 radical (unpaired) electrons. The average Bonchev–Trinajstić information content (AvgIpc) is 2.98. The molecule has 2 heteroatoms. The third-order valence-corrected chi connectivity index (χ3v) is 10.2. The quantitative estimate of drug-likeness (QED) is 0.517. The van der Waals surface area contributed by atoms with E-state index in [4.69, 9.17) is 4.74 Å². The van der Waals surface area contributed by atoms with Crippen LogP contribution in [-0.4, -0.2) is 12.6 Å². The summed E-state index contributed by atoms with van der Waals surface area (Å²) in [5.41, 5.74) is 1.19. The fraction of sp³-hybridized carbons (Fsp3) is 0.960. The molecule has 7 unspecified atom stereocenters. The number of esters is 1. The van der Waals surface area contributed by atoms with E-state index in [9.17, 15) is 4.79 Å². The summed E-state index contributed by atoms with van der Waals surface area (Å²) < 4.78 is 5.26. The van der Waals surface area contributed by atoms with E-state index in [0.717, 1.165) is 36.0 Å². The van der Waals surface area contributed by atoms with Crippen molar-refractivity contribution in [1.82, 2.24) is 0 Å². The van der Waals surface area contributed by atoms with E-state index < -0.39 is 0 Å². The Morgan fingerprint density at radius 1 is 0.963 bits per heavy atom. The van der Waals surface area contributed by atoms with Crippen LogP contribution < -0.4 is 0 Å². The van der Waals surface area contributed by atoms with Crippen molar-refractivity contribution in [3.05, 3.63) is 0 Å². The van der Waals surface area contributed by atoms with Crippen molar-refractivity contribution in [2.45, 2.75) is 98.3 Å². The lowest BCUT2D eigenvalue weighted by Gasteiger charge is -2.61. The lowest BCUT2D eigenvalue weighted by molar-refractivity contribution is -0.141. The smallest absolute Gasteiger partial charge is 0.302 e. The van der Waals surface area contributed by atoms with Gasteiger partial charge in [0.1, 0.15) is 0 Å². The lowest BCUT2D eigenvalue weighted by atomic mass is 9.44. The zero-order valence-electron chi connectivity index (χ0n) is 18.3. The van der Waals surface area contributed by atoms with Gasteiger partial charge in [0.25, 0.3) is 0 Å². The first-order valence-corrected chi connectivity index (χ1v) is 12.0. The Balaban J connectivity index is 1.47. The van der Waals surface area contributed by atoms with Crippen LogP contribution in [0.1, 0.15) is 98.3 Å². The van der Waals surface area contributed by atoms with Crippen LogP contribution in [0.25, 0.3) is 0 Å². The van der Waals surface area contributed by atoms with E-state index in [0.29, 0.717) is 23.4 Å². The van der Waals surface area contributed by atoms with E-state index in [1.165, 1.54) is 71.1 Å². The Kier molecular flexibility index (Phi) is 5.40. The molecule has 0 aromatic heterocycles. The normalized spacial score (nSPS) is 47.5. The van der Waals surface area contributed by atoms with Gasteiger partial charge in [-0.25, -0.2) is 0 Å². The molecule has 27 heavy (non-hydrogen) atoms. The molecule has 0 aromatic carbocycles. The number of carbonyl (C=O) groups is 1. The molecular formula is C25H42O2. The van der Waals surface area contributed by atoms with E-state index in [1.807, 2.05) is 0 Å². The summed E-state index contributed by atoms with van der Waals surface area (Å²) in [6.45, 7) is 9.89. The van der Waals surface area contributed by atoms with Gasteiger partial charge in [0, 0.05) is 6.92 Å². The average molecular weight is 375 g/mol. The Hall–Kier alpha value is -0.530. The molecule has 2 nitrogen and oxygen atoms in total. The van der Waals surface area contributed by atoms with Gasteiger partial charge in [0.2, 0.25) is 0 Å². The topological polar surface area (TPSA) is 26.3 Å². The fourth-order valence-corrected chi connectivity index (χ4v) is 8.86. The van der Waals surface area contributed by atoms with Crippen LogP contribution in [0.3, 0.4) is 0 Å². The third kappa shape index (κ3) is 3.27. The minimum absolute atomic E-state index is 0.129. The van der Waals surface area contributed by atoms with Gasteiger partial charge in [-0.1, -0.05) is 33.6 Å². The van der Waals surface area contributed by atoms with Gasteiger partial charge in [-0.2, -0.15) is 0 Å². The van der Waals surface area contributed by atoms with Gasteiger partial charge in [-0.3, -0.25) is 4.79 Å². The molecule has 0 aromatic rings. The van der Waals surface area contributed by atoms with E-state index in [2.05, 4.69) is 20.8 Å². The summed E-state index contributed by atoms with van der Waals surface area (Å²) in [6.07, 6.45) is 15.8. The van der Waals surface area contributed by atoms with Crippen molar-refractivity contribution in [3.8, 4) is 0 Å². The minimum Gasteiger partial charge on any atom is -0.466 e. The molecule has 0 saturated heterocycles. The van der Waals surface area contributed by atoms with Crippen molar-refractivity contribution in [2.24, 2.45) is 46.3 Å². The van der Waals surface area contributed by atoms with E-state index in [1.54, 1.807) is 0 Å². The summed E-state index contributed by atoms with van der Waals surface area (Å²) in [5, 5.41) is 0. The maximum Gasteiger partial charge on any atom is 0.302 e. The van der Waals surface area contributed by atoms with Crippen molar-refractivity contribution >= 4 is 5.97 Å². The molecular weight excluding hydrogens is 332 g/mol. The van der Waals surface area contributed by atoms with Gasteiger partial charge < -0.3 is 4.74 Å². The molecule has 0 spiro atoms. The van der Waals surface area contributed by atoms with Crippen LogP contribution in [0.5, 0.6) is 0 Å². The Morgan fingerprint density at radius 3 is 2.52 bits per heavy atom. The van der Waals surface area contributed by atoms with Crippen LogP contribution in [0.15, 0.2) is 0 Å². The fourth-order valence-electron chi connectivity index (χ4n) is 8.86. The molecule has 4 aliphatic rings. The number of rotatable bonds is 4. The number of carbonyl (C=O) groups excluding carboxylic acids is 1. The van der Waals surface area contributed by atoms with Gasteiger partial charge in [-0.15, -0.1) is 0 Å². The predicted molar refractivity (Wildman–Crippen MR) is 110 cm³/mol. The number of hydrogen-bond acceptors (Lipinski definition) is 2. The summed E-state index contributed by atoms with van der Waals surface area (Å²) in [7, 11) is 0. The molecule has 4 fully saturated rings. The highest BCUT2D eigenvalue weighted by molar-refractivity contribution is 5.65. The minimum atomic E-state index is -0.129. The Morgan fingerprint density at radius 2 is 1.74 bits per heavy atom. The predicted octanol–water partition coefficient (Wildman–Crippen LogP) is 6.62. The SMILES string of the molecule is CC(=O)OCC[C@@H](C)C1CCC2C3CCC4CCCCC4(C)C3CCC21C. The highest BCUT2D eigenvalue weighted by Crippen LogP contribution is 2.68. The summed E-state index contributed by atoms with van der Waals surface area (Å²) in [6, 6.07) is 0. The highest BCUT2D eigenvalue weighted by atomic mass is 16.5. The van der Waals surface area contributed by atoms with E-state index >= 15 is 0 Å². The van der Waals surface area contributed by atoms with Crippen LogP contribution in [0.2, 0.25) is 0 Å². The van der Waals surface area contributed by atoms with Gasteiger partial charge >= 0.3 is 5.97 Å². The monoisotopic (exact) mass is 374 g/mol. The summed E-state index contributed by atoms with van der Waals surface area (Å²) >= 11 is 0. The first-order chi connectivity index (χ1) is 12.9. The molecule has 0 bridgehead atoms. The molecule has 0 aliphatic heterocycles. The van der Waals surface area contributed by atoms with Crippen LogP contribution in [0.4, 0.5) is 0 Å². The number of ether oxygens (including phenoxy) is 1. The Bertz CT molecular complexity index is 557. The standard InChI is InChI=1S/C25H42O2/c1-17(13-16-27-18(2)26)21-10-11-22-20-9-8-19-7-5-6-14-24(19,3)23(20)12-15-25(21,22)4/h17,19-23H,5-16H2,1-4H3/t17-,19?,20?,21?,22?,23?,24?,25?/m1/s1. The number of hydrogen-bond donors (Lipinski definition) is 0. The van der Waals surface area contributed by atoms with Crippen molar-refractivity contribution < 1.29 is 9.53 Å². The first-order valence-electron chi connectivity index (χ1n) is 12.0. The van der Waals surface area contributed by atoms with Crippen LogP contribution >= 0.6 is 0 Å². The van der Waals surface area contributed by atoms with Gasteiger partial charge in [0.15, 0.2) is 0 Å². The van der Waals surface area contributed by atoms with Gasteiger partial charge in [-0.05, 0) is 104 Å². The third-order valence-electron chi connectivity index (χ3n) is 10.2. The maximum absolute atomic E-state index is 11.1. The summed E-state index contributed by atoms with van der Waals surface area (Å²) in [4.78, 5) is 11.1. The Labute approximate surface area is 167 Å².